The summed E-state index contributed by atoms with van der Waals surface area (Å²) in [5.74, 6) is 0.483. The van der Waals surface area contributed by atoms with Gasteiger partial charge in [0.2, 0.25) is 5.89 Å². The van der Waals surface area contributed by atoms with Crippen molar-refractivity contribution in [3.8, 4) is 17.2 Å². The molecule has 6 nitrogen and oxygen atoms in total. The third-order valence-corrected chi connectivity index (χ3v) is 5.26. The zero-order valence-electron chi connectivity index (χ0n) is 17.7. The van der Waals surface area contributed by atoms with Crippen molar-refractivity contribution in [3.63, 3.8) is 0 Å². The van der Waals surface area contributed by atoms with Gasteiger partial charge in [-0.15, -0.1) is 0 Å². The molecule has 2 N–H and O–H groups in total. The van der Waals surface area contributed by atoms with Gasteiger partial charge in [-0.1, -0.05) is 23.7 Å². The zero-order chi connectivity index (χ0) is 22.8. The molecule has 0 aliphatic heterocycles. The van der Waals surface area contributed by atoms with Gasteiger partial charge in [-0.25, -0.2) is 4.98 Å². The van der Waals surface area contributed by atoms with Crippen molar-refractivity contribution < 1.29 is 13.9 Å². The molecule has 3 aromatic carbocycles. The Bertz CT molecular complexity index is 1350. The minimum absolute atomic E-state index is 0.137. The molecule has 0 saturated carbocycles. The van der Waals surface area contributed by atoms with Gasteiger partial charge in [0.1, 0.15) is 11.3 Å². The number of thiocarbonyl (C=S) groups is 1. The van der Waals surface area contributed by atoms with Gasteiger partial charge < -0.3 is 14.5 Å². The lowest BCUT2D eigenvalue weighted by molar-refractivity contribution is 0.0975. The van der Waals surface area contributed by atoms with E-state index >= 15 is 0 Å². The summed E-state index contributed by atoms with van der Waals surface area (Å²) in [7, 11) is 1.48. The summed E-state index contributed by atoms with van der Waals surface area (Å²) in [5, 5.41) is 6.22. The highest BCUT2D eigenvalue weighted by Gasteiger charge is 2.15. The van der Waals surface area contributed by atoms with Gasteiger partial charge in [-0.2, -0.15) is 0 Å². The number of ether oxygens (including phenoxy) is 1. The summed E-state index contributed by atoms with van der Waals surface area (Å²) in [6, 6.07) is 16.3. The summed E-state index contributed by atoms with van der Waals surface area (Å²) in [6.45, 7) is 4.03. The number of hydrogen-bond donors (Lipinski definition) is 2. The van der Waals surface area contributed by atoms with Crippen LogP contribution in [0.3, 0.4) is 0 Å². The van der Waals surface area contributed by atoms with Crippen LogP contribution in [-0.2, 0) is 0 Å². The van der Waals surface area contributed by atoms with Crippen LogP contribution in [0, 0.1) is 13.8 Å². The van der Waals surface area contributed by atoms with E-state index in [-0.39, 0.29) is 10.7 Å². The maximum absolute atomic E-state index is 12.6. The first kappa shape index (κ1) is 21.8. The van der Waals surface area contributed by atoms with Crippen molar-refractivity contribution in [2.24, 2.45) is 0 Å². The van der Waals surface area contributed by atoms with Gasteiger partial charge in [0.05, 0.1) is 12.7 Å². The maximum atomic E-state index is 12.6. The smallest absolute Gasteiger partial charge is 0.261 e. The SMILES string of the molecule is COc1ccc(Cl)cc1C(=O)NC(=S)Nc1cccc(-c2nc3cc(C)cc(C)c3o2)c1. The molecule has 0 aliphatic rings. The highest BCUT2D eigenvalue weighted by Crippen LogP contribution is 2.29. The fraction of sp³-hybridized carbons (Fsp3) is 0.125. The van der Waals surface area contributed by atoms with Crippen LogP contribution in [-0.4, -0.2) is 23.1 Å². The number of rotatable bonds is 4. The monoisotopic (exact) mass is 465 g/mol. The van der Waals surface area contributed by atoms with E-state index in [1.807, 2.05) is 44.2 Å². The lowest BCUT2D eigenvalue weighted by Gasteiger charge is -2.12. The fourth-order valence-electron chi connectivity index (χ4n) is 3.42. The molecule has 0 atom stereocenters. The van der Waals surface area contributed by atoms with Gasteiger partial charge in [0.25, 0.3) is 5.91 Å². The number of aryl methyl sites for hydroxylation is 2. The first-order valence-electron chi connectivity index (χ1n) is 9.78. The molecule has 0 spiro atoms. The number of carbonyl (C=O) groups is 1. The lowest BCUT2D eigenvalue weighted by atomic mass is 10.1. The first-order valence-corrected chi connectivity index (χ1v) is 10.6. The third kappa shape index (κ3) is 4.59. The number of oxazole rings is 1. The summed E-state index contributed by atoms with van der Waals surface area (Å²) in [4.78, 5) is 17.2. The molecule has 8 heteroatoms. The van der Waals surface area contributed by atoms with Crippen molar-refractivity contribution in [1.82, 2.24) is 10.3 Å². The molecule has 32 heavy (non-hydrogen) atoms. The number of amides is 1. The number of hydrogen-bond acceptors (Lipinski definition) is 5. The average Bonchev–Trinajstić information content (AvgIpc) is 3.18. The second-order valence-electron chi connectivity index (χ2n) is 7.28. The minimum atomic E-state index is -0.428. The number of benzene rings is 3. The predicted molar refractivity (Wildman–Crippen MR) is 131 cm³/mol. The maximum Gasteiger partial charge on any atom is 0.261 e. The van der Waals surface area contributed by atoms with Crippen LogP contribution >= 0.6 is 23.8 Å². The second kappa shape index (κ2) is 8.98. The van der Waals surface area contributed by atoms with Gasteiger partial charge in [-0.3, -0.25) is 10.1 Å². The molecular formula is C24H20ClN3O3S. The van der Waals surface area contributed by atoms with E-state index in [0.717, 1.165) is 27.8 Å². The van der Waals surface area contributed by atoms with Crippen molar-refractivity contribution in [1.29, 1.82) is 0 Å². The largest absolute Gasteiger partial charge is 0.496 e. The fourth-order valence-corrected chi connectivity index (χ4v) is 3.80. The molecule has 0 radical (unpaired) electrons. The number of methoxy groups -OCH3 is 1. The van der Waals surface area contributed by atoms with Gasteiger partial charge in [-0.05, 0) is 79.7 Å². The molecule has 1 aromatic heterocycles. The molecule has 0 bridgehead atoms. The zero-order valence-corrected chi connectivity index (χ0v) is 19.2. The molecule has 1 amide bonds. The van der Waals surface area contributed by atoms with Crippen molar-refractivity contribution in [2.75, 3.05) is 12.4 Å². The molecule has 1 heterocycles. The van der Waals surface area contributed by atoms with Crippen LogP contribution in [0.5, 0.6) is 5.75 Å². The van der Waals surface area contributed by atoms with Gasteiger partial charge in [0, 0.05) is 16.3 Å². The van der Waals surface area contributed by atoms with Crippen LogP contribution in [0.1, 0.15) is 21.5 Å². The predicted octanol–water partition coefficient (Wildman–Crippen LogP) is 5.90. The number of aromatic nitrogens is 1. The number of nitrogens with one attached hydrogen (secondary N) is 2. The Hall–Kier alpha value is -3.42. The normalized spacial score (nSPS) is 10.8. The van der Waals surface area contributed by atoms with Crippen LogP contribution in [0.25, 0.3) is 22.6 Å². The molecular weight excluding hydrogens is 446 g/mol. The molecule has 0 aliphatic carbocycles. The van der Waals surface area contributed by atoms with Crippen molar-refractivity contribution in [2.45, 2.75) is 13.8 Å². The Balaban J connectivity index is 1.52. The van der Waals surface area contributed by atoms with Crippen LogP contribution < -0.4 is 15.4 Å². The van der Waals surface area contributed by atoms with E-state index in [2.05, 4.69) is 21.7 Å². The molecule has 4 rings (SSSR count). The molecule has 0 unspecified atom stereocenters. The topological polar surface area (TPSA) is 76.4 Å². The standard InChI is InChI=1S/C24H20ClN3O3S/c1-13-9-14(2)21-19(10-13)27-23(31-21)15-5-4-6-17(11-15)26-24(32)28-22(29)18-12-16(25)7-8-20(18)30-3/h4-12H,1-3H3,(H2,26,28,29,32). The van der Waals surface area contributed by atoms with E-state index in [4.69, 9.17) is 33.0 Å². The Kier molecular flexibility index (Phi) is 6.12. The lowest BCUT2D eigenvalue weighted by Crippen LogP contribution is -2.34. The highest BCUT2D eigenvalue weighted by molar-refractivity contribution is 7.80. The Morgan fingerprint density at radius 2 is 1.94 bits per heavy atom. The summed E-state index contributed by atoms with van der Waals surface area (Å²) < 4.78 is 11.2. The quantitative estimate of drug-likeness (QED) is 0.365. The number of fused-ring (bicyclic) bond motifs is 1. The minimum Gasteiger partial charge on any atom is -0.496 e. The third-order valence-electron chi connectivity index (χ3n) is 4.82. The first-order chi connectivity index (χ1) is 15.3. The van der Waals surface area contributed by atoms with Crippen molar-refractivity contribution >= 4 is 51.6 Å². The molecule has 0 saturated heterocycles. The second-order valence-corrected chi connectivity index (χ2v) is 8.13. The van der Waals surface area contributed by atoms with E-state index in [1.165, 1.54) is 13.2 Å². The van der Waals surface area contributed by atoms with Gasteiger partial charge >= 0.3 is 0 Å². The molecule has 0 fully saturated rings. The Labute approximate surface area is 195 Å². The number of nitrogens with zero attached hydrogens (tertiary/aromatic N) is 1. The average molecular weight is 466 g/mol. The van der Waals surface area contributed by atoms with E-state index in [1.54, 1.807) is 12.1 Å². The Morgan fingerprint density at radius 1 is 1.12 bits per heavy atom. The highest BCUT2D eigenvalue weighted by atomic mass is 35.5. The van der Waals surface area contributed by atoms with E-state index < -0.39 is 5.91 Å². The Morgan fingerprint density at radius 3 is 2.72 bits per heavy atom. The van der Waals surface area contributed by atoms with Crippen LogP contribution in [0.4, 0.5) is 5.69 Å². The van der Waals surface area contributed by atoms with E-state index in [9.17, 15) is 4.79 Å². The summed E-state index contributed by atoms with van der Waals surface area (Å²) >= 11 is 11.3. The number of halogens is 1. The van der Waals surface area contributed by atoms with Gasteiger partial charge in [0.15, 0.2) is 10.7 Å². The molecule has 162 valence electrons. The van der Waals surface area contributed by atoms with E-state index in [0.29, 0.717) is 22.4 Å². The van der Waals surface area contributed by atoms with Crippen LogP contribution in [0.15, 0.2) is 59.0 Å². The number of anilines is 1. The molecule has 4 aromatic rings. The summed E-state index contributed by atoms with van der Waals surface area (Å²) in [5.41, 5.74) is 5.50. The van der Waals surface area contributed by atoms with Crippen LogP contribution in [0.2, 0.25) is 5.02 Å². The summed E-state index contributed by atoms with van der Waals surface area (Å²) in [6.07, 6.45) is 0. The van der Waals surface area contributed by atoms with Crippen molar-refractivity contribution in [3.05, 3.63) is 76.3 Å². The number of carbonyl (C=O) groups excluding carboxylic acids is 1.